The van der Waals surface area contributed by atoms with Crippen LogP contribution < -0.4 is 0 Å². The Bertz CT molecular complexity index is 337. The van der Waals surface area contributed by atoms with Gasteiger partial charge in [0.15, 0.2) is 0 Å². The van der Waals surface area contributed by atoms with Crippen molar-refractivity contribution in [1.82, 2.24) is 9.88 Å². The Balaban J connectivity index is 2.13. The van der Waals surface area contributed by atoms with E-state index in [9.17, 15) is 0 Å². The first kappa shape index (κ1) is 12.6. The van der Waals surface area contributed by atoms with Crippen molar-refractivity contribution >= 4 is 0 Å². The van der Waals surface area contributed by atoms with Gasteiger partial charge in [-0.1, -0.05) is 13.0 Å². The van der Waals surface area contributed by atoms with Gasteiger partial charge in [-0.05, 0) is 57.8 Å². The Hall–Kier alpha value is -0.890. The second-order valence-corrected chi connectivity index (χ2v) is 5.80. The fraction of sp³-hybridized carbons (Fsp3) is 0.667. The molecule has 0 saturated heterocycles. The summed E-state index contributed by atoms with van der Waals surface area (Å²) in [5.41, 5.74) is 1.57. The summed E-state index contributed by atoms with van der Waals surface area (Å²) in [7, 11) is 4.44. The van der Waals surface area contributed by atoms with Gasteiger partial charge in [-0.3, -0.25) is 4.98 Å². The minimum absolute atomic E-state index is 0.334. The molecule has 1 aromatic rings. The SMILES string of the molecule is CC1CCC(Cc2ccccn2)(N(C)C)CC1. The average molecular weight is 232 g/mol. The number of aromatic nitrogens is 1. The smallest absolute Gasteiger partial charge is 0.0422 e. The van der Waals surface area contributed by atoms with Crippen molar-refractivity contribution in [3.05, 3.63) is 30.1 Å². The molecule has 0 aliphatic heterocycles. The van der Waals surface area contributed by atoms with Gasteiger partial charge in [0.2, 0.25) is 0 Å². The highest BCUT2D eigenvalue weighted by Gasteiger charge is 2.36. The van der Waals surface area contributed by atoms with Crippen LogP contribution in [0.1, 0.15) is 38.3 Å². The van der Waals surface area contributed by atoms with Crippen LogP contribution in [0.25, 0.3) is 0 Å². The molecule has 0 atom stereocenters. The van der Waals surface area contributed by atoms with Crippen LogP contribution in [0.15, 0.2) is 24.4 Å². The molecule has 94 valence electrons. The molecule has 0 radical (unpaired) electrons. The number of likely N-dealkylation sites (N-methyl/N-ethyl adjacent to an activating group) is 1. The van der Waals surface area contributed by atoms with Crippen molar-refractivity contribution < 1.29 is 0 Å². The van der Waals surface area contributed by atoms with Crippen LogP contribution >= 0.6 is 0 Å². The predicted octanol–water partition coefficient (Wildman–Crippen LogP) is 3.13. The third kappa shape index (κ3) is 2.86. The normalized spacial score (nSPS) is 29.5. The quantitative estimate of drug-likeness (QED) is 0.796. The minimum atomic E-state index is 0.334. The monoisotopic (exact) mass is 232 g/mol. The predicted molar refractivity (Wildman–Crippen MR) is 72.0 cm³/mol. The maximum absolute atomic E-state index is 4.49. The Morgan fingerprint density at radius 2 is 2.00 bits per heavy atom. The van der Waals surface area contributed by atoms with Gasteiger partial charge in [-0.15, -0.1) is 0 Å². The number of nitrogens with zero attached hydrogens (tertiary/aromatic N) is 2. The average Bonchev–Trinajstić information content (AvgIpc) is 2.33. The third-order valence-electron chi connectivity index (χ3n) is 4.39. The summed E-state index contributed by atoms with van der Waals surface area (Å²) >= 11 is 0. The van der Waals surface area contributed by atoms with Crippen molar-refractivity contribution in [2.24, 2.45) is 5.92 Å². The second-order valence-electron chi connectivity index (χ2n) is 5.80. The lowest BCUT2D eigenvalue weighted by Crippen LogP contribution is -2.48. The van der Waals surface area contributed by atoms with E-state index >= 15 is 0 Å². The zero-order chi connectivity index (χ0) is 12.3. The van der Waals surface area contributed by atoms with Gasteiger partial charge in [0.1, 0.15) is 0 Å². The van der Waals surface area contributed by atoms with Crippen LogP contribution in [0.5, 0.6) is 0 Å². The summed E-state index contributed by atoms with van der Waals surface area (Å²) in [5, 5.41) is 0. The maximum atomic E-state index is 4.49. The molecule has 1 aliphatic carbocycles. The number of hydrogen-bond acceptors (Lipinski definition) is 2. The fourth-order valence-corrected chi connectivity index (χ4v) is 2.92. The largest absolute Gasteiger partial charge is 0.303 e. The van der Waals surface area contributed by atoms with E-state index in [4.69, 9.17) is 0 Å². The van der Waals surface area contributed by atoms with Crippen LogP contribution in [-0.4, -0.2) is 29.5 Å². The summed E-state index contributed by atoms with van der Waals surface area (Å²) in [6.07, 6.45) is 8.31. The van der Waals surface area contributed by atoms with Crippen molar-refractivity contribution in [3.63, 3.8) is 0 Å². The van der Waals surface area contributed by atoms with Gasteiger partial charge in [0, 0.05) is 23.9 Å². The highest BCUT2D eigenvalue weighted by Crippen LogP contribution is 2.37. The maximum Gasteiger partial charge on any atom is 0.0422 e. The van der Waals surface area contributed by atoms with Crippen molar-refractivity contribution in [2.45, 2.75) is 44.6 Å². The summed E-state index contributed by atoms with van der Waals surface area (Å²) in [6, 6.07) is 6.25. The van der Waals surface area contributed by atoms with Gasteiger partial charge in [-0.25, -0.2) is 0 Å². The summed E-state index contributed by atoms with van der Waals surface area (Å²) in [4.78, 5) is 6.92. The molecule has 0 N–H and O–H groups in total. The lowest BCUT2D eigenvalue weighted by molar-refractivity contribution is 0.0820. The van der Waals surface area contributed by atoms with E-state index in [1.165, 1.54) is 31.4 Å². The van der Waals surface area contributed by atoms with E-state index < -0.39 is 0 Å². The molecule has 1 aliphatic rings. The third-order valence-corrected chi connectivity index (χ3v) is 4.39. The molecule has 0 aromatic carbocycles. The zero-order valence-electron chi connectivity index (χ0n) is 11.3. The summed E-state index contributed by atoms with van der Waals surface area (Å²) in [6.45, 7) is 2.38. The molecule has 1 saturated carbocycles. The minimum Gasteiger partial charge on any atom is -0.303 e. The molecule has 17 heavy (non-hydrogen) atoms. The molecule has 0 unspecified atom stereocenters. The molecule has 2 rings (SSSR count). The van der Waals surface area contributed by atoms with E-state index in [0.717, 1.165) is 12.3 Å². The lowest BCUT2D eigenvalue weighted by Gasteiger charge is -2.44. The molecular formula is C15H24N2. The van der Waals surface area contributed by atoms with Crippen LogP contribution in [-0.2, 0) is 6.42 Å². The van der Waals surface area contributed by atoms with Gasteiger partial charge < -0.3 is 4.90 Å². The van der Waals surface area contributed by atoms with Crippen LogP contribution in [0, 0.1) is 5.92 Å². The standard InChI is InChI=1S/C15H24N2/c1-13-7-9-15(10-8-13,17(2)3)12-14-6-4-5-11-16-14/h4-6,11,13H,7-10,12H2,1-3H3. The lowest BCUT2D eigenvalue weighted by atomic mass is 9.74. The molecule has 1 aromatic heterocycles. The van der Waals surface area contributed by atoms with Gasteiger partial charge in [0.25, 0.3) is 0 Å². The molecule has 0 amide bonds. The Labute approximate surface area is 105 Å². The Morgan fingerprint density at radius 3 is 2.53 bits per heavy atom. The number of pyridine rings is 1. The van der Waals surface area contributed by atoms with Gasteiger partial charge >= 0.3 is 0 Å². The second kappa shape index (κ2) is 5.18. The molecule has 2 nitrogen and oxygen atoms in total. The Kier molecular flexibility index (Phi) is 3.82. The highest BCUT2D eigenvalue weighted by molar-refractivity contribution is 5.09. The molecule has 0 spiro atoms. The number of hydrogen-bond donors (Lipinski definition) is 0. The van der Waals surface area contributed by atoms with Gasteiger partial charge in [0.05, 0.1) is 0 Å². The first-order valence-corrected chi connectivity index (χ1v) is 6.70. The van der Waals surface area contributed by atoms with Crippen molar-refractivity contribution in [1.29, 1.82) is 0 Å². The number of rotatable bonds is 3. The van der Waals surface area contributed by atoms with Crippen molar-refractivity contribution in [3.8, 4) is 0 Å². The van der Waals surface area contributed by atoms with Crippen LogP contribution in [0.4, 0.5) is 0 Å². The van der Waals surface area contributed by atoms with E-state index in [1.54, 1.807) is 0 Å². The highest BCUT2D eigenvalue weighted by atomic mass is 15.1. The van der Waals surface area contributed by atoms with Crippen molar-refractivity contribution in [2.75, 3.05) is 14.1 Å². The Morgan fingerprint density at radius 1 is 1.29 bits per heavy atom. The molecule has 0 bridgehead atoms. The topological polar surface area (TPSA) is 16.1 Å². The van der Waals surface area contributed by atoms with Crippen LogP contribution in [0.2, 0.25) is 0 Å². The molecule has 1 fully saturated rings. The molecule has 2 heteroatoms. The fourth-order valence-electron chi connectivity index (χ4n) is 2.92. The van der Waals surface area contributed by atoms with Gasteiger partial charge in [-0.2, -0.15) is 0 Å². The van der Waals surface area contributed by atoms with Crippen LogP contribution in [0.3, 0.4) is 0 Å². The first-order valence-electron chi connectivity index (χ1n) is 6.70. The van der Waals surface area contributed by atoms with E-state index in [2.05, 4.69) is 43.0 Å². The summed E-state index contributed by atoms with van der Waals surface area (Å²) < 4.78 is 0. The zero-order valence-corrected chi connectivity index (χ0v) is 11.3. The summed E-state index contributed by atoms with van der Waals surface area (Å²) in [5.74, 6) is 0.895. The van der Waals surface area contributed by atoms with E-state index in [1.807, 2.05) is 12.3 Å². The molecular weight excluding hydrogens is 208 g/mol. The first-order chi connectivity index (χ1) is 8.12. The van der Waals surface area contributed by atoms with E-state index in [-0.39, 0.29) is 0 Å². The van der Waals surface area contributed by atoms with E-state index in [0.29, 0.717) is 5.54 Å². The molecule has 1 heterocycles.